The Kier molecular flexibility index (Phi) is 6.16. The highest BCUT2D eigenvalue weighted by atomic mass is 16.2. The van der Waals surface area contributed by atoms with Crippen LogP contribution in [-0.2, 0) is 9.59 Å². The third-order valence-electron chi connectivity index (χ3n) is 2.52. The largest absolute Gasteiger partial charge is 0.354 e. The summed E-state index contributed by atoms with van der Waals surface area (Å²) < 4.78 is 0. The van der Waals surface area contributed by atoms with Crippen molar-refractivity contribution in [3.05, 3.63) is 0 Å². The molecule has 0 spiro atoms. The molecule has 5 heteroatoms. The van der Waals surface area contributed by atoms with Crippen molar-refractivity contribution in [3.63, 3.8) is 0 Å². The fourth-order valence-corrected chi connectivity index (χ4v) is 1.16. The molecule has 0 fully saturated rings. The first kappa shape index (κ1) is 15.9. The van der Waals surface area contributed by atoms with Crippen LogP contribution in [0.25, 0.3) is 0 Å². The minimum absolute atomic E-state index is 0.179. The van der Waals surface area contributed by atoms with Gasteiger partial charge in [0, 0.05) is 6.54 Å². The number of carbonyl (C=O) groups is 2. The van der Waals surface area contributed by atoms with Gasteiger partial charge in [0.05, 0.1) is 6.04 Å². The van der Waals surface area contributed by atoms with Gasteiger partial charge in [-0.05, 0) is 18.8 Å². The molecule has 0 saturated heterocycles. The SMILES string of the molecule is CCCNC(=O)C(C)NC(=O)[C@@H](N)C(C)(C)C. The standard InChI is InChI=1S/C12H25N3O2/c1-6-7-14-10(16)8(2)15-11(17)9(13)12(3,4)5/h8-9H,6-7,13H2,1-5H3,(H,14,16)(H,15,17)/t8?,9-/m1/s1. The van der Waals surface area contributed by atoms with Gasteiger partial charge >= 0.3 is 0 Å². The van der Waals surface area contributed by atoms with E-state index in [1.807, 2.05) is 27.7 Å². The second-order valence-electron chi connectivity index (χ2n) is 5.36. The van der Waals surface area contributed by atoms with Crippen LogP contribution in [0.5, 0.6) is 0 Å². The van der Waals surface area contributed by atoms with Crippen LogP contribution in [0.3, 0.4) is 0 Å². The van der Waals surface area contributed by atoms with Crippen molar-refractivity contribution in [2.75, 3.05) is 6.54 Å². The summed E-state index contributed by atoms with van der Waals surface area (Å²) in [5.41, 5.74) is 5.48. The summed E-state index contributed by atoms with van der Waals surface area (Å²) in [4.78, 5) is 23.3. The maximum atomic E-state index is 11.8. The molecule has 0 rings (SSSR count). The van der Waals surface area contributed by atoms with E-state index >= 15 is 0 Å². The van der Waals surface area contributed by atoms with Gasteiger partial charge in [-0.3, -0.25) is 9.59 Å². The Morgan fingerprint density at radius 1 is 1.24 bits per heavy atom. The van der Waals surface area contributed by atoms with Gasteiger partial charge in [0.1, 0.15) is 6.04 Å². The summed E-state index contributed by atoms with van der Waals surface area (Å²) in [6.45, 7) is 9.90. The van der Waals surface area contributed by atoms with E-state index in [1.165, 1.54) is 0 Å². The Bertz CT molecular complexity index is 271. The fourth-order valence-electron chi connectivity index (χ4n) is 1.16. The van der Waals surface area contributed by atoms with Crippen LogP contribution in [0, 0.1) is 5.41 Å². The average Bonchev–Trinajstić information content (AvgIpc) is 2.23. The smallest absolute Gasteiger partial charge is 0.242 e. The van der Waals surface area contributed by atoms with Gasteiger partial charge in [0.2, 0.25) is 11.8 Å². The predicted octanol–water partition coefficient (Wildman–Crippen LogP) is 0.391. The van der Waals surface area contributed by atoms with E-state index in [-0.39, 0.29) is 17.2 Å². The number of nitrogens with one attached hydrogen (secondary N) is 2. The quantitative estimate of drug-likeness (QED) is 0.653. The molecule has 0 aliphatic carbocycles. The number of amides is 2. The molecule has 0 radical (unpaired) electrons. The molecule has 1 unspecified atom stereocenters. The molecule has 4 N–H and O–H groups in total. The van der Waals surface area contributed by atoms with Crippen molar-refractivity contribution >= 4 is 11.8 Å². The molecule has 0 aliphatic rings. The number of carbonyl (C=O) groups excluding carboxylic acids is 2. The zero-order valence-electron chi connectivity index (χ0n) is 11.5. The Labute approximate surface area is 104 Å². The van der Waals surface area contributed by atoms with Crippen molar-refractivity contribution in [1.29, 1.82) is 0 Å². The Morgan fingerprint density at radius 2 is 1.76 bits per heavy atom. The summed E-state index contributed by atoms with van der Waals surface area (Å²) in [5, 5.41) is 5.34. The van der Waals surface area contributed by atoms with E-state index < -0.39 is 12.1 Å². The third kappa shape index (κ3) is 5.68. The minimum atomic E-state index is -0.621. The molecule has 0 aliphatic heterocycles. The van der Waals surface area contributed by atoms with E-state index in [4.69, 9.17) is 5.73 Å². The van der Waals surface area contributed by atoms with Crippen molar-refractivity contribution < 1.29 is 9.59 Å². The van der Waals surface area contributed by atoms with Gasteiger partial charge in [-0.15, -0.1) is 0 Å². The zero-order valence-corrected chi connectivity index (χ0v) is 11.5. The number of hydrogen-bond acceptors (Lipinski definition) is 3. The van der Waals surface area contributed by atoms with Crippen LogP contribution in [0.2, 0.25) is 0 Å². The molecule has 0 aromatic heterocycles. The normalized spacial score (nSPS) is 14.9. The molecular formula is C12H25N3O2. The first-order chi connectivity index (χ1) is 7.70. The lowest BCUT2D eigenvalue weighted by atomic mass is 9.87. The van der Waals surface area contributed by atoms with Crippen LogP contribution >= 0.6 is 0 Å². The average molecular weight is 243 g/mol. The summed E-state index contributed by atoms with van der Waals surface area (Å²) >= 11 is 0. The molecule has 0 heterocycles. The minimum Gasteiger partial charge on any atom is -0.354 e. The van der Waals surface area contributed by atoms with Crippen molar-refractivity contribution in [2.45, 2.75) is 53.1 Å². The highest BCUT2D eigenvalue weighted by Gasteiger charge is 2.29. The monoisotopic (exact) mass is 243 g/mol. The second-order valence-corrected chi connectivity index (χ2v) is 5.36. The lowest BCUT2D eigenvalue weighted by Crippen LogP contribution is -2.54. The molecule has 0 aromatic carbocycles. The van der Waals surface area contributed by atoms with Crippen molar-refractivity contribution in [3.8, 4) is 0 Å². The predicted molar refractivity (Wildman–Crippen MR) is 68.3 cm³/mol. The van der Waals surface area contributed by atoms with E-state index in [0.29, 0.717) is 6.54 Å². The summed E-state index contributed by atoms with van der Waals surface area (Å²) in [6, 6.07) is -1.17. The molecule has 2 amide bonds. The van der Waals surface area contributed by atoms with Crippen LogP contribution < -0.4 is 16.4 Å². The zero-order chi connectivity index (χ0) is 13.6. The third-order valence-corrected chi connectivity index (χ3v) is 2.52. The highest BCUT2D eigenvalue weighted by molar-refractivity contribution is 5.89. The molecule has 0 aromatic rings. The maximum absolute atomic E-state index is 11.8. The van der Waals surface area contributed by atoms with Crippen LogP contribution in [0.4, 0.5) is 0 Å². The second kappa shape index (κ2) is 6.59. The molecular weight excluding hydrogens is 218 g/mol. The van der Waals surface area contributed by atoms with E-state index in [0.717, 1.165) is 6.42 Å². The Balaban J connectivity index is 4.25. The molecule has 0 bridgehead atoms. The molecule has 17 heavy (non-hydrogen) atoms. The molecule has 100 valence electrons. The van der Waals surface area contributed by atoms with Gasteiger partial charge in [-0.25, -0.2) is 0 Å². The van der Waals surface area contributed by atoms with Crippen LogP contribution in [0.15, 0.2) is 0 Å². The van der Waals surface area contributed by atoms with Gasteiger partial charge in [0.15, 0.2) is 0 Å². The number of rotatable bonds is 5. The Hall–Kier alpha value is -1.10. The fraction of sp³-hybridized carbons (Fsp3) is 0.833. The molecule has 2 atom stereocenters. The van der Waals surface area contributed by atoms with Crippen LogP contribution in [-0.4, -0.2) is 30.4 Å². The maximum Gasteiger partial charge on any atom is 0.242 e. The summed E-state index contributed by atoms with van der Waals surface area (Å²) in [7, 11) is 0. The molecule has 5 nitrogen and oxygen atoms in total. The van der Waals surface area contributed by atoms with E-state index in [1.54, 1.807) is 6.92 Å². The number of hydrogen-bond donors (Lipinski definition) is 3. The van der Waals surface area contributed by atoms with Gasteiger partial charge < -0.3 is 16.4 Å². The van der Waals surface area contributed by atoms with Gasteiger partial charge in [-0.1, -0.05) is 27.7 Å². The lowest BCUT2D eigenvalue weighted by Gasteiger charge is -2.27. The first-order valence-electron chi connectivity index (χ1n) is 6.03. The van der Waals surface area contributed by atoms with Crippen molar-refractivity contribution in [1.82, 2.24) is 10.6 Å². The van der Waals surface area contributed by atoms with Crippen LogP contribution in [0.1, 0.15) is 41.0 Å². The highest BCUT2D eigenvalue weighted by Crippen LogP contribution is 2.17. The van der Waals surface area contributed by atoms with E-state index in [2.05, 4.69) is 10.6 Å². The number of nitrogens with two attached hydrogens (primary N) is 1. The topological polar surface area (TPSA) is 84.2 Å². The molecule has 0 saturated carbocycles. The summed E-state index contributed by atoms with van der Waals surface area (Å²) in [6.07, 6.45) is 0.869. The first-order valence-corrected chi connectivity index (χ1v) is 6.03. The van der Waals surface area contributed by atoms with E-state index in [9.17, 15) is 9.59 Å². The van der Waals surface area contributed by atoms with Gasteiger partial charge in [-0.2, -0.15) is 0 Å². The van der Waals surface area contributed by atoms with Crippen molar-refractivity contribution in [2.24, 2.45) is 11.1 Å². The summed E-state index contributed by atoms with van der Waals surface area (Å²) in [5.74, 6) is -0.474. The Morgan fingerprint density at radius 3 is 2.18 bits per heavy atom. The lowest BCUT2D eigenvalue weighted by molar-refractivity contribution is -0.130. The van der Waals surface area contributed by atoms with Gasteiger partial charge in [0.25, 0.3) is 0 Å².